The number of benzene rings is 2. The Morgan fingerprint density at radius 3 is 2.46 bits per heavy atom. The molecule has 7 nitrogen and oxygen atoms in total. The van der Waals surface area contributed by atoms with Crippen molar-refractivity contribution < 1.29 is 27.9 Å². The zero-order valence-corrected chi connectivity index (χ0v) is 22.1. The van der Waals surface area contributed by atoms with Gasteiger partial charge in [0.1, 0.15) is 5.82 Å². The number of alkyl halides is 3. The zero-order valence-electron chi connectivity index (χ0n) is 21.3. The first-order valence-corrected chi connectivity index (χ1v) is 13.2. The second-order valence-corrected chi connectivity index (χ2v) is 10.5. The van der Waals surface area contributed by atoms with Gasteiger partial charge in [-0.1, -0.05) is 29.8 Å². The van der Waals surface area contributed by atoms with Crippen molar-refractivity contribution in [3.8, 4) is 0 Å². The summed E-state index contributed by atoms with van der Waals surface area (Å²) in [5.41, 5.74) is -1.48. The number of anilines is 1. The Kier molecular flexibility index (Phi) is 7.19. The van der Waals surface area contributed by atoms with Crippen LogP contribution in [0.25, 0.3) is 0 Å². The smallest absolute Gasteiger partial charge is 0.385 e. The van der Waals surface area contributed by atoms with Gasteiger partial charge in [-0.05, 0) is 61.6 Å². The van der Waals surface area contributed by atoms with E-state index in [2.05, 4.69) is 4.98 Å². The van der Waals surface area contributed by atoms with E-state index in [-0.39, 0.29) is 49.1 Å². The van der Waals surface area contributed by atoms with E-state index in [0.717, 1.165) is 30.8 Å². The molecule has 3 heterocycles. The third-order valence-electron chi connectivity index (χ3n) is 7.56. The number of imidazole rings is 1. The Morgan fingerprint density at radius 1 is 1.05 bits per heavy atom. The number of aromatic nitrogens is 2. The molecule has 0 bridgehead atoms. The highest BCUT2D eigenvalue weighted by Gasteiger charge is 2.40. The molecular weight excluding hydrogens is 533 g/mol. The number of fused-ring (bicyclic) bond motifs is 1. The van der Waals surface area contributed by atoms with Crippen LogP contribution in [0.2, 0.25) is 5.02 Å². The van der Waals surface area contributed by atoms with Crippen LogP contribution in [0.4, 0.5) is 19.0 Å². The minimum absolute atomic E-state index is 0.0770. The minimum Gasteiger partial charge on any atom is -0.385 e. The van der Waals surface area contributed by atoms with Crippen molar-refractivity contribution in [2.75, 3.05) is 25.0 Å². The largest absolute Gasteiger partial charge is 0.416 e. The average Bonchev–Trinajstić information content (AvgIpc) is 3.31. The summed E-state index contributed by atoms with van der Waals surface area (Å²) in [4.78, 5) is 34.8. The lowest BCUT2D eigenvalue weighted by molar-refractivity contribution is -0.137. The lowest BCUT2D eigenvalue weighted by atomic mass is 9.83. The monoisotopic (exact) mass is 560 g/mol. The molecule has 3 aromatic rings. The lowest BCUT2D eigenvalue weighted by Crippen LogP contribution is -2.46. The summed E-state index contributed by atoms with van der Waals surface area (Å²) in [7, 11) is 1.57. The first-order chi connectivity index (χ1) is 18.5. The zero-order chi connectivity index (χ0) is 27.9. The fourth-order valence-electron chi connectivity index (χ4n) is 5.33. The summed E-state index contributed by atoms with van der Waals surface area (Å²) < 4.78 is 41.6. The molecule has 0 saturated carbocycles. The van der Waals surface area contributed by atoms with E-state index in [1.165, 1.54) is 17.0 Å². The molecule has 39 heavy (non-hydrogen) atoms. The van der Waals surface area contributed by atoms with Gasteiger partial charge in [-0.3, -0.25) is 14.5 Å². The number of carbonyl (C=O) groups excluding carboxylic acids is 2. The maximum atomic E-state index is 13.9. The van der Waals surface area contributed by atoms with Crippen LogP contribution in [-0.4, -0.2) is 51.5 Å². The van der Waals surface area contributed by atoms with Crippen LogP contribution in [-0.2, 0) is 24.7 Å². The molecule has 1 saturated heterocycles. The molecule has 0 spiro atoms. The predicted octanol–water partition coefficient (Wildman–Crippen LogP) is 5.29. The number of piperidine rings is 1. The van der Waals surface area contributed by atoms with Crippen LogP contribution in [0, 0.1) is 0 Å². The summed E-state index contributed by atoms with van der Waals surface area (Å²) in [5.74, 6) is 0.283. The van der Waals surface area contributed by atoms with Gasteiger partial charge >= 0.3 is 6.18 Å². The van der Waals surface area contributed by atoms with Crippen molar-refractivity contribution in [3.63, 3.8) is 0 Å². The van der Waals surface area contributed by atoms with Crippen molar-refractivity contribution in [2.45, 2.75) is 50.4 Å². The first kappa shape index (κ1) is 27.2. The van der Waals surface area contributed by atoms with Gasteiger partial charge in [0.2, 0.25) is 0 Å². The molecule has 11 heteroatoms. The number of rotatable bonds is 4. The van der Waals surface area contributed by atoms with Gasteiger partial charge < -0.3 is 14.6 Å². The predicted molar refractivity (Wildman–Crippen MR) is 140 cm³/mol. The number of aryl methyl sites for hydroxylation is 1. The summed E-state index contributed by atoms with van der Waals surface area (Å²) in [6, 6.07) is 11.2. The molecule has 1 fully saturated rings. The number of amides is 2. The van der Waals surface area contributed by atoms with Crippen molar-refractivity contribution in [1.82, 2.24) is 14.5 Å². The van der Waals surface area contributed by atoms with Gasteiger partial charge in [-0.25, -0.2) is 4.98 Å². The standard InChI is InChI=1S/C28H28ClF3N4O3/c1-34(25(37)18-6-4-9-21(29)16-18)24-23(36-13-3-2-10-22(36)33-24)26(38)35-14-11-27(39,12-15-35)19-7-5-8-20(17-19)28(30,31)32/h4-9,16-17,39H,2-3,10-15H2,1H3. The fraction of sp³-hybridized carbons (Fsp3) is 0.393. The van der Waals surface area contributed by atoms with Crippen LogP contribution < -0.4 is 4.90 Å². The van der Waals surface area contributed by atoms with E-state index in [1.54, 1.807) is 36.2 Å². The molecule has 2 aliphatic rings. The maximum Gasteiger partial charge on any atom is 0.416 e. The molecule has 206 valence electrons. The number of carbonyl (C=O) groups is 2. The Hall–Kier alpha value is -3.37. The van der Waals surface area contributed by atoms with Crippen molar-refractivity contribution in [3.05, 3.63) is 81.8 Å². The van der Waals surface area contributed by atoms with Gasteiger partial charge in [0.15, 0.2) is 11.5 Å². The van der Waals surface area contributed by atoms with E-state index in [4.69, 9.17) is 11.6 Å². The molecule has 0 aliphatic carbocycles. The van der Waals surface area contributed by atoms with Gasteiger partial charge in [0.05, 0.1) is 11.2 Å². The summed E-state index contributed by atoms with van der Waals surface area (Å²) in [6.07, 6.45) is -1.90. The highest BCUT2D eigenvalue weighted by atomic mass is 35.5. The molecule has 0 atom stereocenters. The van der Waals surface area contributed by atoms with Gasteiger partial charge in [-0.2, -0.15) is 13.2 Å². The lowest BCUT2D eigenvalue weighted by Gasteiger charge is -2.39. The van der Waals surface area contributed by atoms with E-state index >= 15 is 0 Å². The number of likely N-dealkylation sites (tertiary alicyclic amines) is 1. The van der Waals surface area contributed by atoms with E-state index in [0.29, 0.717) is 29.2 Å². The molecule has 5 rings (SSSR count). The number of halogens is 4. The summed E-state index contributed by atoms with van der Waals surface area (Å²) >= 11 is 6.08. The first-order valence-electron chi connectivity index (χ1n) is 12.8. The SMILES string of the molecule is CN(C(=O)c1cccc(Cl)c1)c1nc2n(c1C(=O)N1CCC(O)(c3cccc(C(F)(F)F)c3)CC1)CCCC2. The number of hydrogen-bond acceptors (Lipinski definition) is 4. The average molecular weight is 561 g/mol. The third kappa shape index (κ3) is 5.27. The second kappa shape index (κ2) is 10.3. The van der Waals surface area contributed by atoms with Crippen molar-refractivity contribution in [1.29, 1.82) is 0 Å². The number of hydrogen-bond donors (Lipinski definition) is 1. The Balaban J connectivity index is 1.40. The minimum atomic E-state index is -4.52. The third-order valence-corrected chi connectivity index (χ3v) is 7.80. The van der Waals surface area contributed by atoms with Crippen LogP contribution >= 0.6 is 11.6 Å². The van der Waals surface area contributed by atoms with Gasteiger partial charge in [-0.15, -0.1) is 0 Å². The molecule has 2 aromatic carbocycles. The van der Waals surface area contributed by atoms with E-state index < -0.39 is 17.3 Å². The molecule has 0 radical (unpaired) electrons. The fourth-order valence-corrected chi connectivity index (χ4v) is 5.52. The van der Waals surface area contributed by atoms with Crippen molar-refractivity contribution >= 4 is 29.2 Å². The van der Waals surface area contributed by atoms with E-state index in [1.807, 2.05) is 4.57 Å². The molecule has 1 aromatic heterocycles. The summed E-state index contributed by atoms with van der Waals surface area (Å²) in [5, 5.41) is 11.6. The van der Waals surface area contributed by atoms with Crippen LogP contribution in [0.5, 0.6) is 0 Å². The summed E-state index contributed by atoms with van der Waals surface area (Å²) in [6.45, 7) is 0.861. The normalized spacial score (nSPS) is 17.0. The Bertz CT molecular complexity index is 1410. The van der Waals surface area contributed by atoms with Crippen LogP contribution in [0.1, 0.15) is 63.5 Å². The van der Waals surface area contributed by atoms with E-state index in [9.17, 15) is 27.9 Å². The number of aliphatic hydroxyl groups is 1. The topological polar surface area (TPSA) is 78.7 Å². The second-order valence-electron chi connectivity index (χ2n) is 10.1. The quantitative estimate of drug-likeness (QED) is 0.470. The van der Waals surface area contributed by atoms with Crippen LogP contribution in [0.15, 0.2) is 48.5 Å². The molecule has 2 aliphatic heterocycles. The Labute approximate surface area is 228 Å². The van der Waals surface area contributed by atoms with Crippen LogP contribution in [0.3, 0.4) is 0 Å². The molecule has 0 unspecified atom stereocenters. The Morgan fingerprint density at radius 2 is 1.77 bits per heavy atom. The molecule has 1 N–H and O–H groups in total. The highest BCUT2D eigenvalue weighted by Crippen LogP contribution is 2.38. The maximum absolute atomic E-state index is 13.9. The van der Waals surface area contributed by atoms with Gasteiger partial charge in [0, 0.05) is 43.7 Å². The van der Waals surface area contributed by atoms with Gasteiger partial charge in [0.25, 0.3) is 11.8 Å². The molecule has 2 amide bonds. The van der Waals surface area contributed by atoms with Crippen molar-refractivity contribution in [2.24, 2.45) is 0 Å². The molecular formula is C28H28ClF3N4O3. The number of nitrogens with zero attached hydrogens (tertiary/aromatic N) is 4. The highest BCUT2D eigenvalue weighted by molar-refractivity contribution is 6.31.